The Balaban J connectivity index is 1.38. The van der Waals surface area contributed by atoms with Gasteiger partial charge in [0, 0.05) is 52.1 Å². The first-order valence-electron chi connectivity index (χ1n) is 13.7. The van der Waals surface area contributed by atoms with E-state index in [4.69, 9.17) is 16.3 Å². The van der Waals surface area contributed by atoms with Gasteiger partial charge in [-0.25, -0.2) is 4.98 Å². The summed E-state index contributed by atoms with van der Waals surface area (Å²) in [5.41, 5.74) is 6.06. The quantitative estimate of drug-likeness (QED) is 0.157. The number of hydrogen-bond acceptors (Lipinski definition) is 7. The van der Waals surface area contributed by atoms with Crippen LogP contribution in [0.5, 0.6) is 0 Å². The van der Waals surface area contributed by atoms with Crippen molar-refractivity contribution in [2.75, 3.05) is 44.6 Å². The molecule has 2 aromatic heterocycles. The van der Waals surface area contributed by atoms with Crippen LogP contribution >= 0.6 is 11.6 Å². The normalized spacial score (nSPS) is 14.7. The number of halogens is 1. The van der Waals surface area contributed by atoms with Crippen molar-refractivity contribution in [2.24, 2.45) is 0 Å². The number of carbonyl (C=O) groups is 1. The lowest BCUT2D eigenvalue weighted by molar-refractivity contribution is 0.0652. The largest absolute Gasteiger partial charge is 0.361 e. The van der Waals surface area contributed by atoms with E-state index in [-0.39, 0.29) is 11.2 Å². The topological polar surface area (TPSA) is 88.4 Å². The molecule has 1 aliphatic rings. The number of fused-ring (bicyclic) bond motifs is 1. The number of hydrogen-bond donors (Lipinski definition) is 1. The average Bonchev–Trinajstić information content (AvgIpc) is 3.28. The molecule has 9 nitrogen and oxygen atoms in total. The Morgan fingerprint density at radius 1 is 1.05 bits per heavy atom. The number of aromatic nitrogens is 4. The number of nitrogens with zero attached hydrogens (tertiary/aromatic N) is 6. The van der Waals surface area contributed by atoms with Gasteiger partial charge in [0.1, 0.15) is 20.3 Å². The van der Waals surface area contributed by atoms with Crippen LogP contribution in [0.25, 0.3) is 11.2 Å². The van der Waals surface area contributed by atoms with E-state index in [2.05, 4.69) is 75.9 Å². The second-order valence-electron chi connectivity index (χ2n) is 12.4. The number of nitrogens with one attached hydrogen (secondary N) is 1. The summed E-state index contributed by atoms with van der Waals surface area (Å²) in [6.07, 6.45) is 1.69. The van der Waals surface area contributed by atoms with Gasteiger partial charge in [-0.1, -0.05) is 45.2 Å². The lowest BCUT2D eigenvalue weighted by Gasteiger charge is -2.33. The molecule has 0 bridgehead atoms. The van der Waals surface area contributed by atoms with Crippen molar-refractivity contribution in [3.8, 4) is 11.5 Å². The zero-order valence-corrected chi connectivity index (χ0v) is 27.2. The highest BCUT2D eigenvalue weighted by Crippen LogP contribution is 2.25. The molecule has 0 aliphatic carbocycles. The predicted octanol–water partition coefficient (Wildman–Crippen LogP) is 5.17. The molecule has 12 heteroatoms. The zero-order valence-electron chi connectivity index (χ0n) is 24.4. The van der Waals surface area contributed by atoms with Gasteiger partial charge < -0.3 is 19.5 Å². The highest BCUT2D eigenvalue weighted by molar-refractivity contribution is 6.83. The maximum absolute atomic E-state index is 13.1. The summed E-state index contributed by atoms with van der Waals surface area (Å²) < 4.78 is 7.81. The highest BCUT2D eigenvalue weighted by Gasteiger charge is 2.22. The molecular weight excluding hydrogens is 558 g/mol. The third-order valence-electron chi connectivity index (χ3n) is 6.49. The van der Waals surface area contributed by atoms with Gasteiger partial charge in [0.25, 0.3) is 5.91 Å². The van der Waals surface area contributed by atoms with Gasteiger partial charge in [0.2, 0.25) is 5.28 Å². The highest BCUT2D eigenvalue weighted by atomic mass is 35.5. The Bertz CT molecular complexity index is 1380. The summed E-state index contributed by atoms with van der Waals surface area (Å²) in [4.78, 5) is 30.4. The van der Waals surface area contributed by atoms with Crippen molar-refractivity contribution in [1.29, 1.82) is 0 Å². The van der Waals surface area contributed by atoms with E-state index in [0.717, 1.165) is 31.4 Å². The number of rotatable bonds is 9. The maximum Gasteiger partial charge on any atom is 0.253 e. The first kappa shape index (κ1) is 30.2. The second-order valence-corrected chi connectivity index (χ2v) is 23.1. The molecule has 1 N–H and O–H groups in total. The maximum atomic E-state index is 13.1. The summed E-state index contributed by atoms with van der Waals surface area (Å²) in [6, 6.07) is 8.52. The van der Waals surface area contributed by atoms with E-state index in [1.54, 1.807) is 6.33 Å². The Labute approximate surface area is 244 Å². The summed E-state index contributed by atoms with van der Waals surface area (Å²) in [6.45, 7) is 18.6. The zero-order chi connectivity index (χ0) is 28.9. The summed E-state index contributed by atoms with van der Waals surface area (Å²) in [7, 11) is -2.53. The number of ether oxygens (including phenoxy) is 1. The van der Waals surface area contributed by atoms with E-state index >= 15 is 0 Å². The number of amides is 1. The van der Waals surface area contributed by atoms with Crippen LogP contribution in [0.1, 0.15) is 10.4 Å². The van der Waals surface area contributed by atoms with Crippen LogP contribution in [0.3, 0.4) is 0 Å². The predicted molar refractivity (Wildman–Crippen MR) is 168 cm³/mol. The molecule has 0 atom stereocenters. The summed E-state index contributed by atoms with van der Waals surface area (Å²) >= 11 is 6.19. The van der Waals surface area contributed by atoms with E-state index in [0.29, 0.717) is 49.0 Å². The molecule has 40 heavy (non-hydrogen) atoms. The molecule has 0 unspecified atom stereocenters. The van der Waals surface area contributed by atoms with E-state index in [1.165, 1.54) is 0 Å². The molecule has 0 spiro atoms. The van der Waals surface area contributed by atoms with Crippen molar-refractivity contribution in [3.63, 3.8) is 0 Å². The molecule has 0 radical (unpaired) electrons. The molecule has 1 saturated heterocycles. The monoisotopic (exact) mass is 597 g/mol. The lowest BCUT2D eigenvalue weighted by atomic mass is 10.1. The fraction of sp³-hybridized carbons (Fsp3) is 0.500. The number of piperazine rings is 1. The number of benzene rings is 1. The second kappa shape index (κ2) is 12.8. The van der Waals surface area contributed by atoms with Crippen LogP contribution in [0, 0.1) is 11.5 Å². The van der Waals surface area contributed by atoms with E-state index in [1.807, 2.05) is 33.7 Å². The van der Waals surface area contributed by atoms with Gasteiger partial charge in [0.05, 0.1) is 12.9 Å². The van der Waals surface area contributed by atoms with Gasteiger partial charge >= 0.3 is 0 Å². The van der Waals surface area contributed by atoms with Crippen molar-refractivity contribution >= 4 is 56.3 Å². The standard InChI is InChI=1S/C28H40ClN7O2Si2/c1-39(2,3)18-7-12-34-13-15-35(16-14-34)27(37)22-8-10-23(11-9-22)31-26-24-25(32-28(29)33-26)30-20-36(24)21-38-17-19-40(4,5)6/h8-11,20H,12-17,19,21H2,1-6H3,(H,31,32,33). The van der Waals surface area contributed by atoms with Crippen molar-refractivity contribution < 1.29 is 9.53 Å². The van der Waals surface area contributed by atoms with E-state index in [9.17, 15) is 4.79 Å². The molecule has 0 saturated carbocycles. The minimum absolute atomic E-state index is 0.0420. The Kier molecular flexibility index (Phi) is 9.69. The lowest BCUT2D eigenvalue weighted by Crippen LogP contribution is -2.48. The third-order valence-corrected chi connectivity index (χ3v) is 9.29. The average molecular weight is 598 g/mol. The first-order chi connectivity index (χ1) is 18.9. The van der Waals surface area contributed by atoms with Crippen LogP contribution in [0.2, 0.25) is 50.6 Å². The Morgan fingerprint density at radius 3 is 2.40 bits per heavy atom. The molecule has 3 heterocycles. The van der Waals surface area contributed by atoms with Crippen LogP contribution in [0.15, 0.2) is 30.6 Å². The van der Waals surface area contributed by atoms with Gasteiger partial charge in [-0.15, -0.1) is 5.54 Å². The molecule has 1 aromatic carbocycles. The first-order valence-corrected chi connectivity index (χ1v) is 21.3. The van der Waals surface area contributed by atoms with Gasteiger partial charge in [-0.05, 0) is 41.9 Å². The smallest absolute Gasteiger partial charge is 0.253 e. The number of imidazole rings is 1. The number of carbonyl (C=O) groups excluding carboxylic acids is 1. The van der Waals surface area contributed by atoms with Crippen LogP contribution in [-0.4, -0.2) is 90.7 Å². The number of anilines is 2. The molecule has 1 amide bonds. The Morgan fingerprint density at radius 2 is 1.75 bits per heavy atom. The fourth-order valence-electron chi connectivity index (χ4n) is 4.22. The van der Waals surface area contributed by atoms with Crippen molar-refractivity contribution in [2.45, 2.75) is 52.1 Å². The van der Waals surface area contributed by atoms with Gasteiger partial charge in [-0.2, -0.15) is 9.97 Å². The molecule has 214 valence electrons. The van der Waals surface area contributed by atoms with Gasteiger partial charge in [0.15, 0.2) is 11.5 Å². The van der Waals surface area contributed by atoms with Crippen molar-refractivity contribution in [1.82, 2.24) is 29.3 Å². The van der Waals surface area contributed by atoms with Crippen LogP contribution < -0.4 is 5.32 Å². The third kappa shape index (κ3) is 8.62. The molecule has 4 rings (SSSR count). The molecule has 1 aliphatic heterocycles. The van der Waals surface area contributed by atoms with E-state index < -0.39 is 16.1 Å². The fourth-order valence-corrected chi connectivity index (χ4v) is 5.75. The van der Waals surface area contributed by atoms with Gasteiger partial charge in [-0.3, -0.25) is 9.69 Å². The SMILES string of the molecule is C[Si](C)(C)C#CCN1CCN(C(=O)c2ccc(Nc3nc(Cl)nc4ncn(COCC[Si](C)(C)C)c34)cc2)CC1. The van der Waals surface area contributed by atoms with Crippen LogP contribution in [0.4, 0.5) is 11.5 Å². The molecule has 3 aromatic rings. The minimum atomic E-state index is -1.36. The summed E-state index contributed by atoms with van der Waals surface area (Å²) in [5.74, 6) is 3.91. The minimum Gasteiger partial charge on any atom is -0.361 e. The van der Waals surface area contributed by atoms with Crippen molar-refractivity contribution in [3.05, 3.63) is 41.4 Å². The van der Waals surface area contributed by atoms with Crippen LogP contribution in [-0.2, 0) is 11.5 Å². The Hall–Kier alpha value is -2.76. The molecular formula is C28H40ClN7O2Si2. The summed E-state index contributed by atoms with van der Waals surface area (Å²) in [5, 5.41) is 3.43. The molecule has 1 fully saturated rings.